The lowest BCUT2D eigenvalue weighted by Crippen LogP contribution is -2.29. The number of hydrogen-bond acceptors (Lipinski definition) is 4. The van der Waals surface area contributed by atoms with Crippen LogP contribution in [0.1, 0.15) is 31.0 Å². The summed E-state index contributed by atoms with van der Waals surface area (Å²) in [5, 5.41) is 9.00. The van der Waals surface area contributed by atoms with E-state index < -0.39 is 29.0 Å². The summed E-state index contributed by atoms with van der Waals surface area (Å²) in [7, 11) is 1.16. The number of anilines is 2. The van der Waals surface area contributed by atoms with Crippen molar-refractivity contribution < 1.29 is 18.0 Å². The van der Waals surface area contributed by atoms with E-state index in [2.05, 4.69) is 20.7 Å². The van der Waals surface area contributed by atoms with E-state index in [4.69, 9.17) is 11.6 Å². The number of halogens is 4. The molecule has 0 spiro atoms. The normalized spacial score (nSPS) is 11.9. The molecule has 3 aromatic rings. The van der Waals surface area contributed by atoms with E-state index in [0.717, 1.165) is 11.6 Å². The van der Waals surface area contributed by atoms with Crippen LogP contribution < -0.4 is 16.2 Å². The Morgan fingerprint density at radius 2 is 1.86 bits per heavy atom. The summed E-state index contributed by atoms with van der Waals surface area (Å²) in [6, 6.07) is 1.23. The first kappa shape index (κ1) is 20.6. The molecule has 12 heteroatoms. The van der Waals surface area contributed by atoms with E-state index in [0.29, 0.717) is 23.6 Å². The monoisotopic (exact) mass is 428 g/mol. The van der Waals surface area contributed by atoms with Crippen LogP contribution in [0.25, 0.3) is 5.65 Å². The Morgan fingerprint density at radius 3 is 2.48 bits per heavy atom. The summed E-state index contributed by atoms with van der Waals surface area (Å²) in [6.45, 7) is 3.71. The van der Waals surface area contributed by atoms with Crippen molar-refractivity contribution in [1.82, 2.24) is 19.2 Å². The summed E-state index contributed by atoms with van der Waals surface area (Å²) in [4.78, 5) is 28.6. The van der Waals surface area contributed by atoms with Gasteiger partial charge in [-0.25, -0.2) is 14.3 Å². The molecule has 0 radical (unpaired) electrons. The number of urea groups is 1. The largest absolute Gasteiger partial charge is 0.417 e. The number of aryl methyl sites for hydroxylation is 1. The number of nitrogens with zero attached hydrogens (tertiary/aromatic N) is 4. The average molecular weight is 429 g/mol. The standard InChI is InChI=1S/C17H16ClF3N6O2/c1-8(2)14-11(6-22-13-5-12(18)25-27(13)14)24-16(29)23-10-4-9(17(19,20)21)7-26(3)15(10)28/h4-8H,1-3H3,(H2,23,24,29). The molecule has 2 amide bonds. The molecule has 3 aromatic heterocycles. The fourth-order valence-corrected chi connectivity index (χ4v) is 2.98. The van der Waals surface area contributed by atoms with Gasteiger partial charge in [-0.2, -0.15) is 18.3 Å². The fraction of sp³-hybridized carbons (Fsp3) is 0.294. The summed E-state index contributed by atoms with van der Waals surface area (Å²) in [5.41, 5.74) is -1.04. The zero-order valence-corrected chi connectivity index (χ0v) is 16.3. The molecule has 0 unspecified atom stereocenters. The molecule has 0 saturated heterocycles. The Balaban J connectivity index is 1.93. The molecule has 3 heterocycles. The maximum atomic E-state index is 13.0. The first-order valence-electron chi connectivity index (χ1n) is 8.37. The zero-order valence-electron chi connectivity index (χ0n) is 15.5. The quantitative estimate of drug-likeness (QED) is 0.662. The lowest BCUT2D eigenvalue weighted by molar-refractivity contribution is -0.138. The Bertz CT molecular complexity index is 1150. The maximum Gasteiger partial charge on any atom is 0.417 e. The van der Waals surface area contributed by atoms with Crippen molar-refractivity contribution in [2.75, 3.05) is 10.6 Å². The summed E-state index contributed by atoms with van der Waals surface area (Å²) in [6.07, 6.45) is -2.63. The number of hydrogen-bond donors (Lipinski definition) is 2. The van der Waals surface area contributed by atoms with Crippen molar-refractivity contribution in [2.24, 2.45) is 7.05 Å². The molecule has 0 fully saturated rings. The highest BCUT2D eigenvalue weighted by Crippen LogP contribution is 2.30. The molecular formula is C17H16ClF3N6O2. The number of fused-ring (bicyclic) bond motifs is 1. The Hall–Kier alpha value is -3.08. The molecule has 0 aliphatic heterocycles. The second-order valence-electron chi connectivity index (χ2n) is 6.58. The lowest BCUT2D eigenvalue weighted by atomic mass is 10.1. The van der Waals surface area contributed by atoms with Gasteiger partial charge in [-0.15, -0.1) is 0 Å². The number of alkyl halides is 3. The highest BCUT2D eigenvalue weighted by molar-refractivity contribution is 6.29. The van der Waals surface area contributed by atoms with E-state index >= 15 is 0 Å². The maximum absolute atomic E-state index is 13.0. The SMILES string of the molecule is CC(C)c1c(NC(=O)Nc2cc(C(F)(F)F)cn(C)c2=O)cnc2cc(Cl)nn12. The molecule has 0 aliphatic rings. The average Bonchev–Trinajstić information content (AvgIpc) is 2.97. The third-order valence-electron chi connectivity index (χ3n) is 4.04. The van der Waals surface area contributed by atoms with Gasteiger partial charge in [-0.05, 0) is 12.0 Å². The van der Waals surface area contributed by atoms with Crippen LogP contribution in [0.3, 0.4) is 0 Å². The van der Waals surface area contributed by atoms with Gasteiger partial charge in [0.2, 0.25) is 0 Å². The number of carbonyl (C=O) groups excluding carboxylic acids is 1. The van der Waals surface area contributed by atoms with Crippen molar-refractivity contribution in [3.63, 3.8) is 0 Å². The molecule has 0 aliphatic carbocycles. The predicted octanol–water partition coefficient (Wildman–Crippen LogP) is 3.87. The molecule has 154 valence electrons. The Morgan fingerprint density at radius 1 is 1.21 bits per heavy atom. The molecule has 0 bridgehead atoms. The van der Waals surface area contributed by atoms with Crippen molar-refractivity contribution >= 4 is 34.7 Å². The summed E-state index contributed by atoms with van der Waals surface area (Å²) >= 11 is 5.91. The minimum atomic E-state index is -4.67. The van der Waals surface area contributed by atoms with E-state index in [1.165, 1.54) is 10.7 Å². The molecule has 0 aromatic carbocycles. The molecule has 3 rings (SSSR count). The first-order chi connectivity index (χ1) is 13.5. The Labute approximate surface area is 167 Å². The van der Waals surface area contributed by atoms with Crippen LogP contribution in [0, 0.1) is 0 Å². The molecule has 29 heavy (non-hydrogen) atoms. The fourth-order valence-electron chi connectivity index (χ4n) is 2.81. The summed E-state index contributed by atoms with van der Waals surface area (Å²) in [5.74, 6) is -0.104. The number of pyridine rings is 1. The molecule has 2 N–H and O–H groups in total. The number of amides is 2. The lowest BCUT2D eigenvalue weighted by Gasteiger charge is -2.16. The molecule has 0 saturated carbocycles. The van der Waals surface area contributed by atoms with Gasteiger partial charge in [0.1, 0.15) is 5.69 Å². The van der Waals surface area contributed by atoms with E-state index in [1.807, 2.05) is 13.8 Å². The molecular weight excluding hydrogens is 413 g/mol. The number of nitrogens with one attached hydrogen (secondary N) is 2. The van der Waals surface area contributed by atoms with Crippen molar-refractivity contribution in [2.45, 2.75) is 25.9 Å². The van der Waals surface area contributed by atoms with Gasteiger partial charge in [0.15, 0.2) is 10.8 Å². The number of rotatable bonds is 3. The van der Waals surface area contributed by atoms with Gasteiger partial charge >= 0.3 is 12.2 Å². The van der Waals surface area contributed by atoms with Crippen LogP contribution in [0.5, 0.6) is 0 Å². The number of aromatic nitrogens is 4. The van der Waals surface area contributed by atoms with Crippen LogP contribution in [0.2, 0.25) is 5.15 Å². The van der Waals surface area contributed by atoms with Gasteiger partial charge in [0.25, 0.3) is 5.56 Å². The van der Waals surface area contributed by atoms with E-state index in [9.17, 15) is 22.8 Å². The van der Waals surface area contributed by atoms with Crippen LogP contribution in [-0.2, 0) is 13.2 Å². The van der Waals surface area contributed by atoms with Crippen LogP contribution >= 0.6 is 11.6 Å². The minimum absolute atomic E-state index is 0.104. The van der Waals surface area contributed by atoms with Crippen LogP contribution in [0.15, 0.2) is 29.3 Å². The van der Waals surface area contributed by atoms with E-state index in [-0.39, 0.29) is 16.8 Å². The zero-order chi connectivity index (χ0) is 21.5. The van der Waals surface area contributed by atoms with Crippen molar-refractivity contribution in [1.29, 1.82) is 0 Å². The predicted molar refractivity (Wildman–Crippen MR) is 101 cm³/mol. The number of carbonyl (C=O) groups is 1. The van der Waals surface area contributed by atoms with Gasteiger partial charge in [-0.1, -0.05) is 25.4 Å². The smallest absolute Gasteiger partial charge is 0.316 e. The second-order valence-corrected chi connectivity index (χ2v) is 6.97. The molecule has 0 atom stereocenters. The van der Waals surface area contributed by atoms with Crippen LogP contribution in [0.4, 0.5) is 29.3 Å². The molecule has 8 nitrogen and oxygen atoms in total. The van der Waals surface area contributed by atoms with Gasteiger partial charge in [0.05, 0.1) is 23.1 Å². The minimum Gasteiger partial charge on any atom is -0.316 e. The van der Waals surface area contributed by atoms with Gasteiger partial charge < -0.3 is 15.2 Å². The second kappa shape index (κ2) is 7.39. The topological polar surface area (TPSA) is 93.3 Å². The van der Waals surface area contributed by atoms with Gasteiger partial charge in [-0.3, -0.25) is 4.79 Å². The van der Waals surface area contributed by atoms with Crippen LogP contribution in [-0.4, -0.2) is 25.2 Å². The highest BCUT2D eigenvalue weighted by Gasteiger charge is 2.32. The van der Waals surface area contributed by atoms with Crippen molar-refractivity contribution in [3.8, 4) is 0 Å². The van der Waals surface area contributed by atoms with Crippen molar-refractivity contribution in [3.05, 3.63) is 51.3 Å². The first-order valence-corrected chi connectivity index (χ1v) is 8.75. The van der Waals surface area contributed by atoms with Gasteiger partial charge in [0, 0.05) is 19.3 Å². The van der Waals surface area contributed by atoms with E-state index in [1.54, 1.807) is 6.07 Å². The summed E-state index contributed by atoms with van der Waals surface area (Å²) < 4.78 is 41.2. The Kier molecular flexibility index (Phi) is 5.26. The highest BCUT2D eigenvalue weighted by atomic mass is 35.5. The third kappa shape index (κ3) is 4.19. The third-order valence-corrected chi connectivity index (χ3v) is 4.23.